The highest BCUT2D eigenvalue weighted by Gasteiger charge is 2.23. The summed E-state index contributed by atoms with van der Waals surface area (Å²) < 4.78 is 0. The third kappa shape index (κ3) is 3.80. The number of hydrogen-bond donors (Lipinski definition) is 1. The van der Waals surface area contributed by atoms with Crippen LogP contribution < -0.4 is 10.2 Å². The SMILES string of the molecule is Cc1cc(C)nc(N2CCC(NC(=O)c3cnccn3)CC2)n1. The van der Waals surface area contributed by atoms with E-state index in [9.17, 15) is 4.79 Å². The summed E-state index contributed by atoms with van der Waals surface area (Å²) >= 11 is 0. The van der Waals surface area contributed by atoms with E-state index in [1.165, 1.54) is 12.4 Å². The zero-order valence-corrected chi connectivity index (χ0v) is 13.4. The fraction of sp³-hybridized carbons (Fsp3) is 0.438. The standard InChI is InChI=1S/C16H20N6O/c1-11-9-12(2)20-16(19-11)22-7-3-13(4-8-22)21-15(23)14-10-17-5-6-18-14/h5-6,9-10,13H,3-4,7-8H2,1-2H3,(H,21,23). The summed E-state index contributed by atoms with van der Waals surface area (Å²) in [6.45, 7) is 5.61. The van der Waals surface area contributed by atoms with Gasteiger partial charge in [0.25, 0.3) is 5.91 Å². The van der Waals surface area contributed by atoms with Crippen molar-refractivity contribution in [2.45, 2.75) is 32.7 Å². The maximum atomic E-state index is 12.1. The molecule has 23 heavy (non-hydrogen) atoms. The van der Waals surface area contributed by atoms with E-state index in [1.807, 2.05) is 19.9 Å². The van der Waals surface area contributed by atoms with Gasteiger partial charge in [0.05, 0.1) is 6.20 Å². The minimum Gasteiger partial charge on any atom is -0.348 e. The molecule has 1 saturated heterocycles. The van der Waals surface area contributed by atoms with Gasteiger partial charge in [-0.1, -0.05) is 0 Å². The number of amides is 1. The van der Waals surface area contributed by atoms with Crippen molar-refractivity contribution in [3.8, 4) is 0 Å². The number of aromatic nitrogens is 4. The van der Waals surface area contributed by atoms with E-state index < -0.39 is 0 Å². The van der Waals surface area contributed by atoms with Crippen LogP contribution in [0.4, 0.5) is 5.95 Å². The van der Waals surface area contributed by atoms with Crippen molar-refractivity contribution >= 4 is 11.9 Å². The van der Waals surface area contributed by atoms with E-state index >= 15 is 0 Å². The normalized spacial score (nSPS) is 15.5. The second-order valence-electron chi connectivity index (χ2n) is 5.78. The molecule has 0 spiro atoms. The largest absolute Gasteiger partial charge is 0.348 e. The first kappa shape index (κ1) is 15.3. The van der Waals surface area contributed by atoms with Crippen molar-refractivity contribution in [3.63, 3.8) is 0 Å². The predicted molar refractivity (Wildman–Crippen MR) is 86.2 cm³/mol. The molecule has 1 aliphatic rings. The average molecular weight is 312 g/mol. The molecular formula is C16H20N6O. The molecule has 1 N–H and O–H groups in total. The third-order valence-electron chi connectivity index (χ3n) is 3.88. The van der Waals surface area contributed by atoms with E-state index in [4.69, 9.17) is 0 Å². The lowest BCUT2D eigenvalue weighted by molar-refractivity contribution is 0.0925. The monoisotopic (exact) mass is 312 g/mol. The van der Waals surface area contributed by atoms with Crippen molar-refractivity contribution in [1.29, 1.82) is 0 Å². The first-order valence-corrected chi connectivity index (χ1v) is 7.76. The minimum atomic E-state index is -0.167. The van der Waals surface area contributed by atoms with Crippen LogP contribution in [0.3, 0.4) is 0 Å². The molecule has 7 nitrogen and oxygen atoms in total. The first-order valence-electron chi connectivity index (χ1n) is 7.76. The number of anilines is 1. The molecule has 0 aliphatic carbocycles. The number of piperidine rings is 1. The van der Waals surface area contributed by atoms with Gasteiger partial charge in [-0.25, -0.2) is 15.0 Å². The molecule has 3 rings (SSSR count). The van der Waals surface area contributed by atoms with Crippen molar-refractivity contribution in [2.75, 3.05) is 18.0 Å². The Bertz CT molecular complexity index is 662. The molecule has 0 atom stereocenters. The highest BCUT2D eigenvalue weighted by Crippen LogP contribution is 2.17. The van der Waals surface area contributed by atoms with Crippen LogP contribution in [0, 0.1) is 13.8 Å². The summed E-state index contributed by atoms with van der Waals surface area (Å²) in [5, 5.41) is 3.02. The second kappa shape index (κ2) is 6.68. The maximum Gasteiger partial charge on any atom is 0.271 e. The van der Waals surface area contributed by atoms with E-state index in [-0.39, 0.29) is 11.9 Å². The molecule has 3 heterocycles. The average Bonchev–Trinajstić information content (AvgIpc) is 2.55. The zero-order chi connectivity index (χ0) is 16.2. The number of nitrogens with one attached hydrogen (secondary N) is 1. The molecule has 1 amide bonds. The van der Waals surface area contributed by atoms with Gasteiger partial charge in [0, 0.05) is 42.9 Å². The van der Waals surface area contributed by atoms with Gasteiger partial charge in [-0.15, -0.1) is 0 Å². The van der Waals surface area contributed by atoms with Crippen LogP contribution in [-0.4, -0.2) is 45.0 Å². The summed E-state index contributed by atoms with van der Waals surface area (Å²) in [6, 6.07) is 2.11. The molecule has 0 aromatic carbocycles. The summed E-state index contributed by atoms with van der Waals surface area (Å²) in [6.07, 6.45) is 6.28. The Hall–Kier alpha value is -2.57. The second-order valence-corrected chi connectivity index (χ2v) is 5.78. The van der Waals surface area contributed by atoms with Crippen molar-refractivity contribution in [2.24, 2.45) is 0 Å². The van der Waals surface area contributed by atoms with Gasteiger partial charge < -0.3 is 10.2 Å². The molecule has 0 radical (unpaired) electrons. The molecule has 1 fully saturated rings. The molecule has 120 valence electrons. The molecule has 1 aliphatic heterocycles. The van der Waals surface area contributed by atoms with Crippen molar-refractivity contribution in [3.05, 3.63) is 41.7 Å². The molecule has 0 unspecified atom stereocenters. The van der Waals surface area contributed by atoms with Gasteiger partial charge in [-0.3, -0.25) is 9.78 Å². The molecule has 2 aromatic heterocycles. The third-order valence-corrected chi connectivity index (χ3v) is 3.88. The number of carbonyl (C=O) groups excluding carboxylic acids is 1. The molecule has 7 heteroatoms. The Balaban J connectivity index is 1.57. The van der Waals surface area contributed by atoms with Gasteiger partial charge in [0.15, 0.2) is 0 Å². The lowest BCUT2D eigenvalue weighted by atomic mass is 10.1. The van der Waals surface area contributed by atoms with E-state index in [1.54, 1.807) is 6.20 Å². The Labute approximate surface area is 135 Å². The Kier molecular flexibility index (Phi) is 4.45. The fourth-order valence-corrected chi connectivity index (χ4v) is 2.75. The lowest BCUT2D eigenvalue weighted by Gasteiger charge is -2.32. The van der Waals surface area contributed by atoms with Gasteiger partial charge in [-0.05, 0) is 32.8 Å². The highest BCUT2D eigenvalue weighted by molar-refractivity contribution is 5.92. The van der Waals surface area contributed by atoms with E-state index in [2.05, 4.69) is 30.2 Å². The Morgan fingerprint density at radius 3 is 2.48 bits per heavy atom. The van der Waals surface area contributed by atoms with Crippen molar-refractivity contribution in [1.82, 2.24) is 25.3 Å². The van der Waals surface area contributed by atoms with Crippen LogP contribution >= 0.6 is 0 Å². The van der Waals surface area contributed by atoms with E-state index in [0.29, 0.717) is 5.69 Å². The molecular weight excluding hydrogens is 292 g/mol. The van der Waals surface area contributed by atoms with Crippen LogP contribution in [0.5, 0.6) is 0 Å². The highest BCUT2D eigenvalue weighted by atomic mass is 16.1. The van der Waals surface area contributed by atoms with Crippen LogP contribution in [0.15, 0.2) is 24.7 Å². The van der Waals surface area contributed by atoms with Crippen LogP contribution in [0.2, 0.25) is 0 Å². The topological polar surface area (TPSA) is 83.9 Å². The van der Waals surface area contributed by atoms with Crippen LogP contribution in [-0.2, 0) is 0 Å². The number of aryl methyl sites for hydroxylation is 2. The number of rotatable bonds is 3. The summed E-state index contributed by atoms with van der Waals surface area (Å²) in [5.74, 6) is 0.611. The summed E-state index contributed by atoms with van der Waals surface area (Å²) in [7, 11) is 0. The Morgan fingerprint density at radius 1 is 1.17 bits per heavy atom. The summed E-state index contributed by atoms with van der Waals surface area (Å²) in [5.41, 5.74) is 2.31. The number of nitrogens with zero attached hydrogens (tertiary/aromatic N) is 5. The minimum absolute atomic E-state index is 0.145. The van der Waals surface area contributed by atoms with Gasteiger partial charge in [0.1, 0.15) is 5.69 Å². The first-order chi connectivity index (χ1) is 11.1. The quantitative estimate of drug-likeness (QED) is 0.919. The fourth-order valence-electron chi connectivity index (χ4n) is 2.75. The zero-order valence-electron chi connectivity index (χ0n) is 13.4. The molecule has 0 saturated carbocycles. The predicted octanol–water partition coefficient (Wildman–Crippen LogP) is 1.28. The smallest absolute Gasteiger partial charge is 0.271 e. The van der Waals surface area contributed by atoms with Gasteiger partial charge >= 0.3 is 0 Å². The molecule has 2 aromatic rings. The van der Waals surface area contributed by atoms with Gasteiger partial charge in [0.2, 0.25) is 5.95 Å². The summed E-state index contributed by atoms with van der Waals surface area (Å²) in [4.78, 5) is 31.2. The van der Waals surface area contributed by atoms with Crippen molar-refractivity contribution < 1.29 is 4.79 Å². The van der Waals surface area contributed by atoms with Gasteiger partial charge in [-0.2, -0.15) is 0 Å². The van der Waals surface area contributed by atoms with Crippen LogP contribution in [0.25, 0.3) is 0 Å². The lowest BCUT2D eigenvalue weighted by Crippen LogP contribution is -2.45. The van der Waals surface area contributed by atoms with Crippen LogP contribution in [0.1, 0.15) is 34.7 Å². The number of hydrogen-bond acceptors (Lipinski definition) is 6. The maximum absolute atomic E-state index is 12.1. The van der Waals surface area contributed by atoms with E-state index in [0.717, 1.165) is 43.3 Å². The number of carbonyl (C=O) groups is 1. The molecule has 0 bridgehead atoms. The Morgan fingerprint density at radius 2 is 1.87 bits per heavy atom.